The Morgan fingerprint density at radius 3 is 2.15 bits per heavy atom. The normalized spacial score (nSPS) is 12.1. The highest BCUT2D eigenvalue weighted by Crippen LogP contribution is 2.34. The van der Waals surface area contributed by atoms with Crippen molar-refractivity contribution in [3.05, 3.63) is 59.7 Å². The number of hydrogen-bond acceptors (Lipinski definition) is 1. The van der Waals surface area contributed by atoms with Crippen LogP contribution in [0.4, 0.5) is 0 Å². The van der Waals surface area contributed by atoms with E-state index < -0.39 is 13.9 Å². The van der Waals surface area contributed by atoms with E-state index in [1.54, 1.807) is 0 Å². The van der Waals surface area contributed by atoms with Crippen molar-refractivity contribution in [3.63, 3.8) is 0 Å². The molecule has 0 saturated carbocycles. The van der Waals surface area contributed by atoms with Crippen LogP contribution in [0.25, 0.3) is 0 Å². The summed E-state index contributed by atoms with van der Waals surface area (Å²) in [7, 11) is -0.597. The molecule has 2 aromatic carbocycles. The Morgan fingerprint density at radius 2 is 1.60 bits per heavy atom. The molecular formula is C17H19O2P. The van der Waals surface area contributed by atoms with Crippen molar-refractivity contribution in [3.8, 4) is 0 Å². The van der Waals surface area contributed by atoms with Crippen LogP contribution in [0.15, 0.2) is 48.5 Å². The maximum absolute atomic E-state index is 10.9. The Balaban J connectivity index is 2.37. The minimum absolute atomic E-state index is 0.216. The lowest BCUT2D eigenvalue weighted by Crippen LogP contribution is -2.16. The fourth-order valence-corrected chi connectivity index (χ4v) is 4.81. The van der Waals surface area contributed by atoms with E-state index in [-0.39, 0.29) is 6.42 Å². The zero-order valence-electron chi connectivity index (χ0n) is 11.8. The number of carbonyl (C=O) groups is 1. The van der Waals surface area contributed by atoms with E-state index in [2.05, 4.69) is 44.2 Å². The van der Waals surface area contributed by atoms with E-state index in [1.165, 1.54) is 21.7 Å². The molecule has 2 rings (SSSR count). The van der Waals surface area contributed by atoms with Crippen molar-refractivity contribution in [2.45, 2.75) is 20.3 Å². The lowest BCUT2D eigenvalue weighted by molar-refractivity contribution is -0.136. The SMILES string of the molecule is Cc1cc(C)cc(P(CCC(=O)O)c2ccccc2)c1. The second-order valence-electron chi connectivity index (χ2n) is 4.98. The van der Waals surface area contributed by atoms with Crippen LogP contribution in [0.1, 0.15) is 17.5 Å². The zero-order valence-corrected chi connectivity index (χ0v) is 12.7. The standard InChI is InChI=1S/C17H19O2P/c1-13-10-14(2)12-16(11-13)20(9-8-17(18)19)15-6-4-3-5-7-15/h3-7,10-12H,8-9H2,1-2H3,(H,18,19). The fourth-order valence-electron chi connectivity index (χ4n) is 2.33. The third kappa shape index (κ3) is 3.91. The summed E-state index contributed by atoms with van der Waals surface area (Å²) in [5.74, 6) is -0.724. The average Bonchev–Trinajstić information content (AvgIpc) is 2.38. The van der Waals surface area contributed by atoms with Crippen molar-refractivity contribution >= 4 is 24.5 Å². The molecule has 0 radical (unpaired) electrons. The Bertz CT molecular complexity index is 573. The summed E-state index contributed by atoms with van der Waals surface area (Å²) in [6, 6.07) is 16.8. The van der Waals surface area contributed by atoms with Gasteiger partial charge in [0.1, 0.15) is 0 Å². The minimum atomic E-state index is -0.724. The smallest absolute Gasteiger partial charge is 0.303 e. The molecule has 2 aromatic rings. The van der Waals surface area contributed by atoms with Gasteiger partial charge >= 0.3 is 5.97 Å². The van der Waals surface area contributed by atoms with Gasteiger partial charge in [0.15, 0.2) is 0 Å². The lowest BCUT2D eigenvalue weighted by Gasteiger charge is -2.19. The number of hydrogen-bond donors (Lipinski definition) is 1. The molecular weight excluding hydrogens is 267 g/mol. The minimum Gasteiger partial charge on any atom is -0.481 e. The zero-order chi connectivity index (χ0) is 14.5. The van der Waals surface area contributed by atoms with Crippen molar-refractivity contribution in [2.24, 2.45) is 0 Å². The van der Waals surface area contributed by atoms with Gasteiger partial charge in [-0.2, -0.15) is 0 Å². The molecule has 1 unspecified atom stereocenters. The van der Waals surface area contributed by atoms with E-state index in [1.807, 2.05) is 18.2 Å². The van der Waals surface area contributed by atoms with Gasteiger partial charge < -0.3 is 5.11 Å². The third-order valence-electron chi connectivity index (χ3n) is 3.14. The van der Waals surface area contributed by atoms with Gasteiger partial charge in [0, 0.05) is 6.42 Å². The monoisotopic (exact) mass is 286 g/mol. The molecule has 3 heteroatoms. The first-order valence-electron chi connectivity index (χ1n) is 6.69. The lowest BCUT2D eigenvalue weighted by atomic mass is 10.2. The summed E-state index contributed by atoms with van der Waals surface area (Å²) in [5, 5.41) is 11.5. The molecule has 0 aliphatic carbocycles. The van der Waals surface area contributed by atoms with E-state index in [0.717, 1.165) is 0 Å². The van der Waals surface area contributed by atoms with Gasteiger partial charge in [0.2, 0.25) is 0 Å². The molecule has 0 fully saturated rings. The van der Waals surface area contributed by atoms with Crippen LogP contribution >= 0.6 is 7.92 Å². The highest BCUT2D eigenvalue weighted by molar-refractivity contribution is 7.73. The van der Waals surface area contributed by atoms with Crippen LogP contribution < -0.4 is 10.6 Å². The highest BCUT2D eigenvalue weighted by atomic mass is 31.1. The Kier molecular flexibility index (Phi) is 4.92. The number of aliphatic carboxylic acids is 1. The molecule has 0 amide bonds. The van der Waals surface area contributed by atoms with Crippen molar-refractivity contribution in [1.82, 2.24) is 0 Å². The second kappa shape index (κ2) is 6.67. The Labute approximate surface area is 121 Å². The predicted molar refractivity (Wildman–Crippen MR) is 85.7 cm³/mol. The van der Waals surface area contributed by atoms with E-state index >= 15 is 0 Å². The number of rotatable bonds is 5. The van der Waals surface area contributed by atoms with Gasteiger partial charge in [-0.1, -0.05) is 59.7 Å². The molecule has 0 bridgehead atoms. The van der Waals surface area contributed by atoms with Gasteiger partial charge in [-0.15, -0.1) is 0 Å². The van der Waals surface area contributed by atoms with Crippen molar-refractivity contribution in [2.75, 3.05) is 6.16 Å². The average molecular weight is 286 g/mol. The van der Waals surface area contributed by atoms with Gasteiger partial charge in [0.05, 0.1) is 0 Å². The van der Waals surface area contributed by atoms with Crippen LogP contribution in [-0.2, 0) is 4.79 Å². The maximum Gasteiger partial charge on any atom is 0.303 e. The van der Waals surface area contributed by atoms with E-state index in [9.17, 15) is 4.79 Å². The molecule has 1 N–H and O–H groups in total. The molecule has 0 aromatic heterocycles. The Hall–Kier alpha value is -1.66. The second-order valence-corrected chi connectivity index (χ2v) is 7.31. The summed E-state index contributed by atoms with van der Waals surface area (Å²) >= 11 is 0. The summed E-state index contributed by atoms with van der Waals surface area (Å²) in [5.41, 5.74) is 2.47. The summed E-state index contributed by atoms with van der Waals surface area (Å²) < 4.78 is 0. The number of benzene rings is 2. The number of carboxylic acid groups (broad SMARTS) is 1. The summed E-state index contributed by atoms with van der Waals surface area (Å²) in [6.45, 7) is 4.18. The summed E-state index contributed by atoms with van der Waals surface area (Å²) in [4.78, 5) is 10.9. The van der Waals surface area contributed by atoms with Crippen LogP contribution in [0, 0.1) is 13.8 Å². The number of carboxylic acids is 1. The summed E-state index contributed by atoms with van der Waals surface area (Å²) in [6.07, 6.45) is 0.908. The quantitative estimate of drug-likeness (QED) is 0.857. The largest absolute Gasteiger partial charge is 0.481 e. The Morgan fingerprint density at radius 1 is 1.00 bits per heavy atom. The molecule has 0 aliphatic rings. The molecule has 0 heterocycles. The van der Waals surface area contributed by atoms with Crippen LogP contribution in [0.5, 0.6) is 0 Å². The maximum atomic E-state index is 10.9. The topological polar surface area (TPSA) is 37.3 Å². The first-order valence-corrected chi connectivity index (χ1v) is 8.21. The molecule has 104 valence electrons. The van der Waals surface area contributed by atoms with Gasteiger partial charge in [-0.25, -0.2) is 0 Å². The van der Waals surface area contributed by atoms with E-state index in [0.29, 0.717) is 6.16 Å². The fraction of sp³-hybridized carbons (Fsp3) is 0.235. The van der Waals surface area contributed by atoms with Crippen molar-refractivity contribution < 1.29 is 9.90 Å². The molecule has 0 spiro atoms. The highest BCUT2D eigenvalue weighted by Gasteiger charge is 2.15. The van der Waals surface area contributed by atoms with Crippen LogP contribution in [-0.4, -0.2) is 17.2 Å². The first kappa shape index (κ1) is 14.7. The molecule has 2 nitrogen and oxygen atoms in total. The van der Waals surface area contributed by atoms with Gasteiger partial charge in [-0.3, -0.25) is 4.79 Å². The predicted octanol–water partition coefficient (Wildman–Crippen LogP) is 3.21. The van der Waals surface area contributed by atoms with Crippen LogP contribution in [0.3, 0.4) is 0 Å². The third-order valence-corrected chi connectivity index (χ3v) is 5.61. The van der Waals surface area contributed by atoms with Crippen molar-refractivity contribution in [1.29, 1.82) is 0 Å². The number of aryl methyl sites for hydroxylation is 2. The molecule has 1 atom stereocenters. The molecule has 0 saturated heterocycles. The molecule has 20 heavy (non-hydrogen) atoms. The van der Waals surface area contributed by atoms with Gasteiger partial charge in [-0.05, 0) is 38.5 Å². The van der Waals surface area contributed by atoms with Crippen LogP contribution in [0.2, 0.25) is 0 Å². The van der Waals surface area contributed by atoms with Gasteiger partial charge in [0.25, 0.3) is 0 Å². The van der Waals surface area contributed by atoms with E-state index in [4.69, 9.17) is 5.11 Å². The molecule has 0 aliphatic heterocycles. The first-order chi connectivity index (χ1) is 9.56.